The molecule has 0 unspecified atom stereocenters. The Labute approximate surface area is 90.3 Å². The van der Waals surface area contributed by atoms with E-state index in [4.69, 9.17) is 4.74 Å². The van der Waals surface area contributed by atoms with Gasteiger partial charge in [-0.2, -0.15) is 0 Å². The molecule has 1 aliphatic rings. The molecule has 1 aromatic rings. The highest BCUT2D eigenvalue weighted by molar-refractivity contribution is 5.98. The van der Waals surface area contributed by atoms with Crippen LogP contribution in [-0.2, 0) is 0 Å². The van der Waals surface area contributed by atoms with E-state index >= 15 is 0 Å². The van der Waals surface area contributed by atoms with E-state index in [0.717, 1.165) is 24.2 Å². The normalized spacial score (nSPS) is 16.6. The maximum absolute atomic E-state index is 12.0. The summed E-state index contributed by atoms with van der Waals surface area (Å²) in [6.45, 7) is 0. The third kappa shape index (κ3) is 2.20. The summed E-state index contributed by atoms with van der Waals surface area (Å²) in [6.07, 6.45) is 4.52. The predicted molar refractivity (Wildman–Crippen MR) is 59.3 cm³/mol. The van der Waals surface area contributed by atoms with E-state index in [2.05, 4.69) is 0 Å². The fourth-order valence-corrected chi connectivity index (χ4v) is 2.18. The number of ether oxygens (including phenoxy) is 1. The molecule has 0 aromatic heterocycles. The van der Waals surface area contributed by atoms with Gasteiger partial charge in [-0.05, 0) is 37.1 Å². The molecule has 2 heteroatoms. The van der Waals surface area contributed by atoms with Gasteiger partial charge < -0.3 is 4.74 Å². The van der Waals surface area contributed by atoms with Crippen LogP contribution in [0.25, 0.3) is 0 Å². The molecule has 0 N–H and O–H groups in total. The van der Waals surface area contributed by atoms with Gasteiger partial charge in [-0.25, -0.2) is 0 Å². The number of Topliss-reactive ketones (excluding diaryl/α,β-unsaturated/α-hetero) is 1. The Kier molecular flexibility index (Phi) is 3.05. The second kappa shape index (κ2) is 4.47. The number of methoxy groups -OCH3 is 1. The van der Waals surface area contributed by atoms with E-state index in [-0.39, 0.29) is 5.92 Å². The molecule has 0 aliphatic heterocycles. The zero-order valence-corrected chi connectivity index (χ0v) is 9.03. The molecule has 15 heavy (non-hydrogen) atoms. The van der Waals surface area contributed by atoms with Crippen LogP contribution in [0.2, 0.25) is 0 Å². The highest BCUT2D eigenvalue weighted by Gasteiger charge is 2.23. The fourth-order valence-electron chi connectivity index (χ4n) is 2.18. The first kappa shape index (κ1) is 10.2. The standard InChI is InChI=1S/C13H16O2/c1-15-12-8-6-11(7-9-12)13(14)10-4-2-3-5-10/h6-10H,2-5H2,1H3. The van der Waals surface area contributed by atoms with Gasteiger partial charge in [-0.3, -0.25) is 4.79 Å². The molecule has 1 aliphatic carbocycles. The molecule has 80 valence electrons. The number of hydrogen-bond acceptors (Lipinski definition) is 2. The van der Waals surface area contributed by atoms with Crippen LogP contribution >= 0.6 is 0 Å². The van der Waals surface area contributed by atoms with Gasteiger partial charge in [0.1, 0.15) is 5.75 Å². The van der Waals surface area contributed by atoms with Crippen molar-refractivity contribution in [3.63, 3.8) is 0 Å². The first-order valence-corrected chi connectivity index (χ1v) is 5.49. The maximum Gasteiger partial charge on any atom is 0.165 e. The van der Waals surface area contributed by atoms with E-state index in [9.17, 15) is 4.79 Å². The fraction of sp³-hybridized carbons (Fsp3) is 0.462. The molecular formula is C13H16O2. The van der Waals surface area contributed by atoms with Crippen LogP contribution in [0.15, 0.2) is 24.3 Å². The summed E-state index contributed by atoms with van der Waals surface area (Å²) in [7, 11) is 1.63. The lowest BCUT2D eigenvalue weighted by Crippen LogP contribution is -2.10. The van der Waals surface area contributed by atoms with Crippen molar-refractivity contribution < 1.29 is 9.53 Å². The summed E-state index contributed by atoms with van der Waals surface area (Å²) in [4.78, 5) is 12.0. The average Bonchev–Trinajstić information content (AvgIpc) is 2.82. The Morgan fingerprint density at radius 3 is 2.33 bits per heavy atom. The number of hydrogen-bond donors (Lipinski definition) is 0. The summed E-state index contributed by atoms with van der Waals surface area (Å²) < 4.78 is 5.06. The Morgan fingerprint density at radius 2 is 1.80 bits per heavy atom. The largest absolute Gasteiger partial charge is 0.497 e. The summed E-state index contributed by atoms with van der Waals surface area (Å²) in [5, 5.41) is 0. The van der Waals surface area contributed by atoms with Crippen LogP contribution in [0.1, 0.15) is 36.0 Å². The van der Waals surface area contributed by atoms with E-state index in [1.165, 1.54) is 12.8 Å². The molecule has 2 rings (SSSR count). The first-order chi connectivity index (χ1) is 7.31. The van der Waals surface area contributed by atoms with Crippen molar-refractivity contribution in [2.75, 3.05) is 7.11 Å². The quantitative estimate of drug-likeness (QED) is 0.707. The minimum absolute atomic E-state index is 0.262. The second-order valence-corrected chi connectivity index (χ2v) is 4.07. The van der Waals surface area contributed by atoms with Gasteiger partial charge >= 0.3 is 0 Å². The lowest BCUT2D eigenvalue weighted by atomic mass is 9.96. The molecule has 0 radical (unpaired) electrons. The highest BCUT2D eigenvalue weighted by Crippen LogP contribution is 2.28. The number of rotatable bonds is 3. The van der Waals surface area contributed by atoms with E-state index in [0.29, 0.717) is 5.78 Å². The van der Waals surface area contributed by atoms with Gasteiger partial charge in [0, 0.05) is 11.5 Å². The van der Waals surface area contributed by atoms with Crippen LogP contribution in [0.3, 0.4) is 0 Å². The van der Waals surface area contributed by atoms with Crippen LogP contribution in [-0.4, -0.2) is 12.9 Å². The molecule has 0 spiro atoms. The molecule has 1 fully saturated rings. The van der Waals surface area contributed by atoms with E-state index < -0.39 is 0 Å². The van der Waals surface area contributed by atoms with Gasteiger partial charge in [-0.1, -0.05) is 12.8 Å². The lowest BCUT2D eigenvalue weighted by molar-refractivity contribution is 0.0923. The van der Waals surface area contributed by atoms with Gasteiger partial charge in [0.05, 0.1) is 7.11 Å². The Balaban J connectivity index is 2.11. The van der Waals surface area contributed by atoms with Crippen LogP contribution in [0.4, 0.5) is 0 Å². The molecule has 0 amide bonds. The lowest BCUT2D eigenvalue weighted by Gasteiger charge is -2.08. The molecule has 0 bridgehead atoms. The molecule has 0 heterocycles. The molecular weight excluding hydrogens is 188 g/mol. The van der Waals surface area contributed by atoms with Crippen molar-refractivity contribution in [3.05, 3.63) is 29.8 Å². The van der Waals surface area contributed by atoms with Crippen molar-refractivity contribution in [2.45, 2.75) is 25.7 Å². The SMILES string of the molecule is COc1ccc(C(=O)C2CCCC2)cc1. The molecule has 0 atom stereocenters. The van der Waals surface area contributed by atoms with E-state index in [1.54, 1.807) is 7.11 Å². The van der Waals surface area contributed by atoms with Gasteiger partial charge in [0.25, 0.3) is 0 Å². The molecule has 1 aromatic carbocycles. The minimum Gasteiger partial charge on any atom is -0.497 e. The molecule has 0 saturated heterocycles. The zero-order valence-electron chi connectivity index (χ0n) is 9.03. The Bertz CT molecular complexity index is 334. The van der Waals surface area contributed by atoms with Crippen molar-refractivity contribution >= 4 is 5.78 Å². The minimum atomic E-state index is 0.262. The molecule has 1 saturated carbocycles. The van der Waals surface area contributed by atoms with Crippen LogP contribution in [0, 0.1) is 5.92 Å². The van der Waals surface area contributed by atoms with Crippen molar-refractivity contribution in [2.24, 2.45) is 5.92 Å². The third-order valence-electron chi connectivity index (χ3n) is 3.10. The monoisotopic (exact) mass is 204 g/mol. The van der Waals surface area contributed by atoms with E-state index in [1.807, 2.05) is 24.3 Å². The average molecular weight is 204 g/mol. The maximum atomic E-state index is 12.0. The third-order valence-corrected chi connectivity index (χ3v) is 3.10. The Hall–Kier alpha value is -1.31. The Morgan fingerprint density at radius 1 is 1.20 bits per heavy atom. The summed E-state index contributed by atoms with van der Waals surface area (Å²) >= 11 is 0. The predicted octanol–water partition coefficient (Wildman–Crippen LogP) is 3.07. The van der Waals surface area contributed by atoms with Crippen molar-refractivity contribution in [1.82, 2.24) is 0 Å². The molecule has 2 nitrogen and oxygen atoms in total. The summed E-state index contributed by atoms with van der Waals surface area (Å²) in [5.41, 5.74) is 0.822. The first-order valence-electron chi connectivity index (χ1n) is 5.49. The number of carbonyl (C=O) groups excluding carboxylic acids is 1. The van der Waals surface area contributed by atoms with Crippen molar-refractivity contribution in [3.8, 4) is 5.75 Å². The summed E-state index contributed by atoms with van der Waals surface area (Å²) in [5.74, 6) is 1.37. The summed E-state index contributed by atoms with van der Waals surface area (Å²) in [6, 6.07) is 7.42. The smallest absolute Gasteiger partial charge is 0.165 e. The van der Waals surface area contributed by atoms with Crippen LogP contribution in [0.5, 0.6) is 5.75 Å². The highest BCUT2D eigenvalue weighted by atomic mass is 16.5. The number of carbonyl (C=O) groups is 1. The zero-order chi connectivity index (χ0) is 10.7. The van der Waals surface area contributed by atoms with Gasteiger partial charge in [0.15, 0.2) is 5.78 Å². The van der Waals surface area contributed by atoms with Crippen molar-refractivity contribution in [1.29, 1.82) is 0 Å². The van der Waals surface area contributed by atoms with Gasteiger partial charge in [-0.15, -0.1) is 0 Å². The van der Waals surface area contributed by atoms with Crippen LogP contribution < -0.4 is 4.74 Å². The van der Waals surface area contributed by atoms with Gasteiger partial charge in [0.2, 0.25) is 0 Å². The number of benzene rings is 1. The topological polar surface area (TPSA) is 26.3 Å². The number of ketones is 1. The second-order valence-electron chi connectivity index (χ2n) is 4.07.